The summed E-state index contributed by atoms with van der Waals surface area (Å²) in [6, 6.07) is 8.16. The third-order valence-electron chi connectivity index (χ3n) is 2.19. The highest BCUT2D eigenvalue weighted by atomic mass is 16.6. The highest BCUT2D eigenvalue weighted by Crippen LogP contribution is 2.11. The molecule has 0 fully saturated rings. The molecular weight excluding hydrogens is 258 g/mol. The lowest BCUT2D eigenvalue weighted by Crippen LogP contribution is -2.32. The van der Waals surface area contributed by atoms with Crippen LogP contribution in [0.25, 0.3) is 6.08 Å². The number of carbonyl (C=O) groups is 2. The van der Waals surface area contributed by atoms with Gasteiger partial charge in [-0.3, -0.25) is 0 Å². The van der Waals surface area contributed by atoms with Gasteiger partial charge in [0.15, 0.2) is 0 Å². The fourth-order valence-corrected chi connectivity index (χ4v) is 1.43. The molecule has 1 radical (unpaired) electrons. The summed E-state index contributed by atoms with van der Waals surface area (Å²) in [5, 5.41) is 11.2. The van der Waals surface area contributed by atoms with Crippen molar-refractivity contribution < 1.29 is 19.4 Å². The van der Waals surface area contributed by atoms with Crippen molar-refractivity contribution in [2.24, 2.45) is 0 Å². The quantitative estimate of drug-likeness (QED) is 0.829. The van der Waals surface area contributed by atoms with E-state index in [0.717, 1.165) is 6.08 Å². The highest BCUT2D eigenvalue weighted by Gasteiger charge is 2.15. The molecule has 0 aromatic heterocycles. The van der Waals surface area contributed by atoms with Crippen molar-refractivity contribution >= 4 is 18.1 Å². The summed E-state index contributed by atoms with van der Waals surface area (Å²) in [4.78, 5) is 22.1. The first-order valence-corrected chi connectivity index (χ1v) is 6.15. The summed E-state index contributed by atoms with van der Waals surface area (Å²) in [5.74, 6) is -1.03. The molecule has 0 atom stereocenters. The Morgan fingerprint density at radius 2 is 2.15 bits per heavy atom. The lowest BCUT2D eigenvalue weighted by molar-refractivity contribution is -0.131. The SMILES string of the molecule is CC(C)(C)OC(=O)NCc1[c]cccc1/C=C/C(=O)O. The first-order chi connectivity index (χ1) is 9.28. The van der Waals surface area contributed by atoms with E-state index in [0.29, 0.717) is 11.1 Å². The summed E-state index contributed by atoms with van der Waals surface area (Å²) in [6.07, 6.45) is 1.98. The summed E-state index contributed by atoms with van der Waals surface area (Å²) >= 11 is 0. The minimum absolute atomic E-state index is 0.217. The molecule has 0 heterocycles. The normalized spacial score (nSPS) is 11.3. The minimum Gasteiger partial charge on any atom is -0.478 e. The highest BCUT2D eigenvalue weighted by molar-refractivity contribution is 5.85. The van der Waals surface area contributed by atoms with Gasteiger partial charge in [0.1, 0.15) is 5.60 Å². The smallest absolute Gasteiger partial charge is 0.407 e. The van der Waals surface area contributed by atoms with E-state index in [4.69, 9.17) is 9.84 Å². The van der Waals surface area contributed by atoms with Crippen molar-refractivity contribution in [2.75, 3.05) is 0 Å². The van der Waals surface area contributed by atoms with Crippen molar-refractivity contribution in [2.45, 2.75) is 32.9 Å². The lowest BCUT2D eigenvalue weighted by Gasteiger charge is -2.19. The second-order valence-corrected chi connectivity index (χ2v) is 5.13. The number of carbonyl (C=O) groups excluding carboxylic acids is 1. The molecule has 1 rings (SSSR count). The molecule has 0 spiro atoms. The van der Waals surface area contributed by atoms with E-state index in [1.54, 1.807) is 39.0 Å². The number of ether oxygens (including phenoxy) is 1. The van der Waals surface area contributed by atoms with Crippen molar-refractivity contribution in [1.29, 1.82) is 0 Å². The van der Waals surface area contributed by atoms with E-state index in [-0.39, 0.29) is 6.54 Å². The van der Waals surface area contributed by atoms with E-state index >= 15 is 0 Å². The molecule has 1 aromatic carbocycles. The molecule has 0 saturated carbocycles. The van der Waals surface area contributed by atoms with Crippen LogP contribution < -0.4 is 5.32 Å². The Kier molecular flexibility index (Phi) is 5.32. The third-order valence-corrected chi connectivity index (χ3v) is 2.19. The molecule has 0 aliphatic carbocycles. The molecule has 0 aliphatic heterocycles. The van der Waals surface area contributed by atoms with E-state index in [9.17, 15) is 9.59 Å². The zero-order valence-electron chi connectivity index (χ0n) is 11.8. The number of hydrogen-bond donors (Lipinski definition) is 2. The van der Waals surface area contributed by atoms with Crippen molar-refractivity contribution in [3.8, 4) is 0 Å². The van der Waals surface area contributed by atoms with Crippen LogP contribution >= 0.6 is 0 Å². The number of carboxylic acids is 1. The van der Waals surface area contributed by atoms with Gasteiger partial charge < -0.3 is 15.2 Å². The Morgan fingerprint density at radius 3 is 2.75 bits per heavy atom. The van der Waals surface area contributed by atoms with Crippen molar-refractivity contribution in [3.63, 3.8) is 0 Å². The maximum atomic E-state index is 11.6. The fraction of sp³-hybridized carbons (Fsp3) is 0.333. The standard InChI is InChI=1S/C15H18NO4/c1-15(2,3)20-14(19)16-10-12-7-5-4-6-11(12)8-9-13(17)18/h4-6,8-9H,10H2,1-3H3,(H,16,19)(H,17,18)/b9-8+. The predicted molar refractivity (Wildman–Crippen MR) is 75.0 cm³/mol. The first-order valence-electron chi connectivity index (χ1n) is 6.15. The molecular formula is C15H18NO4. The van der Waals surface area contributed by atoms with Crippen LogP contribution in [0.4, 0.5) is 4.79 Å². The molecule has 2 N–H and O–H groups in total. The average Bonchev–Trinajstić information content (AvgIpc) is 2.32. The largest absolute Gasteiger partial charge is 0.478 e. The number of amides is 1. The van der Waals surface area contributed by atoms with Crippen LogP contribution in [0.15, 0.2) is 24.3 Å². The molecule has 20 heavy (non-hydrogen) atoms. The summed E-state index contributed by atoms with van der Waals surface area (Å²) in [7, 11) is 0. The van der Waals surface area contributed by atoms with Gasteiger partial charge >= 0.3 is 12.1 Å². The Labute approximate surface area is 118 Å². The minimum atomic E-state index is -1.03. The molecule has 0 unspecified atom stereocenters. The molecule has 0 bridgehead atoms. The van der Waals surface area contributed by atoms with Gasteiger partial charge in [0.05, 0.1) is 0 Å². The molecule has 5 nitrogen and oxygen atoms in total. The van der Waals surface area contributed by atoms with Crippen LogP contribution in [-0.4, -0.2) is 22.8 Å². The maximum Gasteiger partial charge on any atom is 0.407 e. The third kappa shape index (κ3) is 6.04. The fourth-order valence-electron chi connectivity index (χ4n) is 1.43. The van der Waals surface area contributed by atoms with Gasteiger partial charge in [0.2, 0.25) is 0 Å². The van der Waals surface area contributed by atoms with Crippen LogP contribution in [0.3, 0.4) is 0 Å². The number of benzene rings is 1. The van der Waals surface area contributed by atoms with Gasteiger partial charge in [-0.05, 0) is 44.0 Å². The second kappa shape index (κ2) is 6.75. The van der Waals surface area contributed by atoms with Crippen LogP contribution in [0, 0.1) is 6.07 Å². The van der Waals surface area contributed by atoms with Crippen LogP contribution in [0.5, 0.6) is 0 Å². The second-order valence-electron chi connectivity index (χ2n) is 5.13. The molecule has 1 aromatic rings. The molecule has 107 valence electrons. The summed E-state index contributed by atoms with van der Waals surface area (Å²) in [6.45, 7) is 5.56. The van der Waals surface area contributed by atoms with E-state index < -0.39 is 17.7 Å². The van der Waals surface area contributed by atoms with E-state index in [2.05, 4.69) is 11.4 Å². The molecule has 1 amide bonds. The van der Waals surface area contributed by atoms with Crippen molar-refractivity contribution in [3.05, 3.63) is 41.5 Å². The summed E-state index contributed by atoms with van der Waals surface area (Å²) in [5.41, 5.74) is 0.818. The topological polar surface area (TPSA) is 75.6 Å². The Hall–Kier alpha value is -2.30. The van der Waals surface area contributed by atoms with Gasteiger partial charge in [-0.1, -0.05) is 18.2 Å². The van der Waals surface area contributed by atoms with Crippen LogP contribution in [-0.2, 0) is 16.1 Å². The summed E-state index contributed by atoms with van der Waals surface area (Å²) < 4.78 is 5.12. The number of carboxylic acid groups (broad SMARTS) is 1. The van der Waals surface area contributed by atoms with Crippen molar-refractivity contribution in [1.82, 2.24) is 5.32 Å². The van der Waals surface area contributed by atoms with E-state index in [1.807, 2.05) is 0 Å². The number of rotatable bonds is 4. The predicted octanol–water partition coefficient (Wildman–Crippen LogP) is 2.61. The Morgan fingerprint density at radius 1 is 1.45 bits per heavy atom. The first kappa shape index (κ1) is 15.8. The Balaban J connectivity index is 2.69. The number of aliphatic carboxylic acids is 1. The number of hydrogen-bond acceptors (Lipinski definition) is 3. The number of nitrogens with one attached hydrogen (secondary N) is 1. The zero-order chi connectivity index (χ0) is 15.2. The molecule has 0 aliphatic rings. The molecule has 0 saturated heterocycles. The van der Waals surface area contributed by atoms with Gasteiger partial charge in [0, 0.05) is 12.6 Å². The van der Waals surface area contributed by atoms with E-state index in [1.165, 1.54) is 6.08 Å². The van der Waals surface area contributed by atoms with Gasteiger partial charge in [-0.25, -0.2) is 9.59 Å². The van der Waals surface area contributed by atoms with Gasteiger partial charge in [-0.2, -0.15) is 0 Å². The Bertz CT molecular complexity index is 515. The molecule has 5 heteroatoms. The van der Waals surface area contributed by atoms with Gasteiger partial charge in [0.25, 0.3) is 0 Å². The van der Waals surface area contributed by atoms with Crippen LogP contribution in [0.1, 0.15) is 31.9 Å². The maximum absolute atomic E-state index is 11.6. The lowest BCUT2D eigenvalue weighted by atomic mass is 10.1. The average molecular weight is 276 g/mol. The van der Waals surface area contributed by atoms with Crippen LogP contribution in [0.2, 0.25) is 0 Å². The van der Waals surface area contributed by atoms with Gasteiger partial charge in [-0.15, -0.1) is 0 Å². The monoisotopic (exact) mass is 276 g/mol. The zero-order valence-corrected chi connectivity index (χ0v) is 11.8. The number of alkyl carbamates (subject to hydrolysis) is 1.